The first kappa shape index (κ1) is 15.0. The highest BCUT2D eigenvalue weighted by Crippen LogP contribution is 2.25. The first-order chi connectivity index (χ1) is 9.90. The van der Waals surface area contributed by atoms with Crippen LogP contribution in [0.2, 0.25) is 0 Å². The summed E-state index contributed by atoms with van der Waals surface area (Å²) in [5.74, 6) is -0.247. The molecule has 0 radical (unpaired) electrons. The van der Waals surface area contributed by atoms with Gasteiger partial charge in [0, 0.05) is 0 Å². The van der Waals surface area contributed by atoms with Gasteiger partial charge in [0.15, 0.2) is 5.78 Å². The molecule has 0 spiro atoms. The van der Waals surface area contributed by atoms with Crippen molar-refractivity contribution in [1.29, 1.82) is 0 Å². The highest BCUT2D eigenvalue weighted by Gasteiger charge is 2.16. The topological polar surface area (TPSA) is 43.4 Å². The van der Waals surface area contributed by atoms with E-state index in [1.807, 2.05) is 32.9 Å². The standard InChI is InChI=1S/C18H18O3/c1-11-7-5-6-8-15(11)18(20)21-17-10-13(3)12(2)9-16(17)14(4)19/h5-10H,1-4H3. The van der Waals surface area contributed by atoms with Crippen LogP contribution in [0.1, 0.15) is 44.3 Å². The minimum absolute atomic E-state index is 0.120. The Morgan fingerprint density at radius 1 is 0.857 bits per heavy atom. The van der Waals surface area contributed by atoms with Crippen LogP contribution in [0.15, 0.2) is 36.4 Å². The third-order valence-corrected chi connectivity index (χ3v) is 3.54. The fourth-order valence-corrected chi connectivity index (χ4v) is 2.11. The smallest absolute Gasteiger partial charge is 0.343 e. The van der Waals surface area contributed by atoms with Gasteiger partial charge in [-0.1, -0.05) is 18.2 Å². The molecular weight excluding hydrogens is 264 g/mol. The van der Waals surface area contributed by atoms with Crippen molar-refractivity contribution in [2.24, 2.45) is 0 Å². The molecule has 0 heterocycles. The molecule has 0 fully saturated rings. The summed E-state index contributed by atoms with van der Waals surface area (Å²) in [6.07, 6.45) is 0. The lowest BCUT2D eigenvalue weighted by Gasteiger charge is -2.12. The van der Waals surface area contributed by atoms with Crippen LogP contribution in [-0.4, -0.2) is 11.8 Å². The van der Waals surface area contributed by atoms with Gasteiger partial charge in [0.2, 0.25) is 0 Å². The van der Waals surface area contributed by atoms with Gasteiger partial charge in [-0.2, -0.15) is 0 Å². The van der Waals surface area contributed by atoms with Gasteiger partial charge in [0.1, 0.15) is 5.75 Å². The number of hydrogen-bond acceptors (Lipinski definition) is 3. The molecule has 2 aromatic rings. The molecule has 0 N–H and O–H groups in total. The van der Waals surface area contributed by atoms with Crippen LogP contribution in [0.3, 0.4) is 0 Å². The van der Waals surface area contributed by atoms with E-state index in [1.54, 1.807) is 24.3 Å². The van der Waals surface area contributed by atoms with Crippen LogP contribution >= 0.6 is 0 Å². The van der Waals surface area contributed by atoms with Gasteiger partial charge in [0.05, 0.1) is 11.1 Å². The van der Waals surface area contributed by atoms with E-state index in [2.05, 4.69) is 0 Å². The van der Waals surface area contributed by atoms with Crippen molar-refractivity contribution in [3.05, 3.63) is 64.2 Å². The number of Topliss-reactive ketones (excluding diaryl/α,β-unsaturated/α-hetero) is 1. The minimum Gasteiger partial charge on any atom is -0.422 e. The Bertz CT molecular complexity index is 714. The van der Waals surface area contributed by atoms with Crippen LogP contribution in [0.5, 0.6) is 5.75 Å². The molecule has 0 aliphatic carbocycles. The number of hydrogen-bond donors (Lipinski definition) is 0. The monoisotopic (exact) mass is 282 g/mol. The Labute approximate surface area is 124 Å². The van der Waals surface area contributed by atoms with Crippen molar-refractivity contribution in [3.8, 4) is 5.75 Å². The van der Waals surface area contributed by atoms with Crippen molar-refractivity contribution in [2.75, 3.05) is 0 Å². The van der Waals surface area contributed by atoms with E-state index in [-0.39, 0.29) is 5.78 Å². The molecule has 21 heavy (non-hydrogen) atoms. The normalized spacial score (nSPS) is 10.3. The Kier molecular flexibility index (Phi) is 4.22. The summed E-state index contributed by atoms with van der Waals surface area (Å²) >= 11 is 0. The summed E-state index contributed by atoms with van der Waals surface area (Å²) in [5.41, 5.74) is 3.75. The Hall–Kier alpha value is -2.42. The van der Waals surface area contributed by atoms with Crippen molar-refractivity contribution in [1.82, 2.24) is 0 Å². The van der Waals surface area contributed by atoms with E-state index in [1.165, 1.54) is 6.92 Å². The molecule has 0 aliphatic rings. The maximum Gasteiger partial charge on any atom is 0.343 e. The first-order valence-corrected chi connectivity index (χ1v) is 6.80. The lowest BCUT2D eigenvalue weighted by molar-refractivity contribution is 0.0732. The van der Waals surface area contributed by atoms with Gasteiger partial charge < -0.3 is 4.74 Å². The van der Waals surface area contributed by atoms with Gasteiger partial charge in [-0.05, 0) is 62.6 Å². The Balaban J connectivity index is 2.40. The van der Waals surface area contributed by atoms with E-state index < -0.39 is 5.97 Å². The zero-order valence-electron chi connectivity index (χ0n) is 12.7. The van der Waals surface area contributed by atoms with Gasteiger partial charge >= 0.3 is 5.97 Å². The molecular formula is C18H18O3. The molecule has 0 bridgehead atoms. The number of benzene rings is 2. The van der Waals surface area contributed by atoms with Crippen molar-refractivity contribution >= 4 is 11.8 Å². The molecule has 0 saturated carbocycles. The SMILES string of the molecule is CC(=O)c1cc(C)c(C)cc1OC(=O)c1ccccc1C. The number of esters is 1. The summed E-state index contributed by atoms with van der Waals surface area (Å²) in [6.45, 7) is 7.16. The number of ether oxygens (including phenoxy) is 1. The molecule has 0 amide bonds. The zero-order valence-corrected chi connectivity index (χ0v) is 12.7. The van der Waals surface area contributed by atoms with Gasteiger partial charge in [0.25, 0.3) is 0 Å². The number of carbonyl (C=O) groups excluding carboxylic acids is 2. The second-order valence-electron chi connectivity index (χ2n) is 5.19. The predicted octanol–water partition coefficient (Wildman–Crippen LogP) is 4.03. The maximum atomic E-state index is 12.3. The van der Waals surface area contributed by atoms with E-state index >= 15 is 0 Å². The average molecular weight is 282 g/mol. The minimum atomic E-state index is -0.446. The summed E-state index contributed by atoms with van der Waals surface area (Å²) in [5, 5.41) is 0. The van der Waals surface area contributed by atoms with Crippen LogP contribution in [-0.2, 0) is 0 Å². The Morgan fingerprint density at radius 3 is 2.10 bits per heavy atom. The fraction of sp³-hybridized carbons (Fsp3) is 0.222. The summed E-state index contributed by atoms with van der Waals surface area (Å²) in [4.78, 5) is 24.0. The van der Waals surface area contributed by atoms with Crippen LogP contribution < -0.4 is 4.74 Å². The molecule has 0 atom stereocenters. The quantitative estimate of drug-likeness (QED) is 0.485. The van der Waals surface area contributed by atoms with Crippen LogP contribution in [0.25, 0.3) is 0 Å². The lowest BCUT2D eigenvalue weighted by atomic mass is 10.0. The summed E-state index contributed by atoms with van der Waals surface area (Å²) in [7, 11) is 0. The van der Waals surface area contributed by atoms with Gasteiger partial charge in [-0.3, -0.25) is 4.79 Å². The van der Waals surface area contributed by atoms with E-state index in [0.717, 1.165) is 16.7 Å². The van der Waals surface area contributed by atoms with Gasteiger partial charge in [-0.15, -0.1) is 0 Å². The number of aryl methyl sites for hydroxylation is 3. The van der Waals surface area contributed by atoms with E-state index in [0.29, 0.717) is 16.9 Å². The Morgan fingerprint density at radius 2 is 1.48 bits per heavy atom. The fourth-order valence-electron chi connectivity index (χ4n) is 2.11. The molecule has 3 heteroatoms. The number of rotatable bonds is 3. The number of carbonyl (C=O) groups is 2. The molecule has 2 rings (SSSR count). The van der Waals surface area contributed by atoms with Gasteiger partial charge in [-0.25, -0.2) is 4.79 Å². The van der Waals surface area contributed by atoms with E-state index in [4.69, 9.17) is 4.74 Å². The average Bonchev–Trinajstić information content (AvgIpc) is 2.42. The maximum absolute atomic E-state index is 12.3. The predicted molar refractivity (Wildman–Crippen MR) is 82.1 cm³/mol. The van der Waals surface area contributed by atoms with Crippen molar-refractivity contribution in [3.63, 3.8) is 0 Å². The summed E-state index contributed by atoms with van der Waals surface area (Å²) in [6, 6.07) is 10.7. The van der Waals surface area contributed by atoms with Crippen LogP contribution in [0, 0.1) is 20.8 Å². The molecule has 3 nitrogen and oxygen atoms in total. The van der Waals surface area contributed by atoms with Crippen LogP contribution in [0.4, 0.5) is 0 Å². The third kappa shape index (κ3) is 3.19. The van der Waals surface area contributed by atoms with Crippen molar-refractivity contribution < 1.29 is 14.3 Å². The summed E-state index contributed by atoms with van der Waals surface area (Å²) < 4.78 is 5.45. The third-order valence-electron chi connectivity index (χ3n) is 3.54. The lowest BCUT2D eigenvalue weighted by Crippen LogP contribution is -2.12. The molecule has 0 aromatic heterocycles. The van der Waals surface area contributed by atoms with E-state index in [9.17, 15) is 9.59 Å². The molecule has 2 aromatic carbocycles. The molecule has 108 valence electrons. The first-order valence-electron chi connectivity index (χ1n) is 6.80. The highest BCUT2D eigenvalue weighted by molar-refractivity contribution is 5.99. The second-order valence-corrected chi connectivity index (χ2v) is 5.19. The molecule has 0 unspecified atom stereocenters. The van der Waals surface area contributed by atoms with Crippen molar-refractivity contribution in [2.45, 2.75) is 27.7 Å². The highest BCUT2D eigenvalue weighted by atomic mass is 16.5. The molecule has 0 aliphatic heterocycles. The zero-order chi connectivity index (χ0) is 15.6. The second kappa shape index (κ2) is 5.92. The number of ketones is 1. The molecule has 0 saturated heterocycles. The largest absolute Gasteiger partial charge is 0.422 e.